The second-order valence-electron chi connectivity index (χ2n) is 2.56. The van der Waals surface area contributed by atoms with Crippen LogP contribution in [0.15, 0.2) is 12.3 Å². The molecule has 0 fully saturated rings. The summed E-state index contributed by atoms with van der Waals surface area (Å²) < 4.78 is 5.64. The average Bonchev–Trinajstić information content (AvgIpc) is 2.13. The highest BCUT2D eigenvalue weighted by molar-refractivity contribution is 14.1. The van der Waals surface area contributed by atoms with Crippen molar-refractivity contribution in [1.29, 1.82) is 0 Å². The Morgan fingerprint density at radius 1 is 1.71 bits per heavy atom. The van der Waals surface area contributed by atoms with E-state index in [2.05, 4.69) is 27.6 Å². The van der Waals surface area contributed by atoms with E-state index >= 15 is 0 Å². The summed E-state index contributed by atoms with van der Waals surface area (Å²) >= 11 is 7.87. The van der Waals surface area contributed by atoms with Crippen LogP contribution in [-0.2, 0) is 16.0 Å². The number of pyridine rings is 1. The summed E-state index contributed by atoms with van der Waals surface area (Å²) in [5, 5.41) is 0.424. The van der Waals surface area contributed by atoms with Crippen LogP contribution in [-0.4, -0.2) is 17.6 Å². The van der Waals surface area contributed by atoms with E-state index in [1.54, 1.807) is 19.2 Å². The van der Waals surface area contributed by atoms with E-state index in [0.717, 1.165) is 9.13 Å². The summed E-state index contributed by atoms with van der Waals surface area (Å²) in [6.45, 7) is 2.18. The van der Waals surface area contributed by atoms with E-state index in [-0.39, 0.29) is 12.4 Å². The molecule has 0 N–H and O–H groups in total. The standard InChI is InChI=1S/C9H9ClINO2/c1-2-14-7(13)5-6-3-4-12-9(10)8(6)11/h3-4H,2,5H2,1H3. The topological polar surface area (TPSA) is 39.2 Å². The first kappa shape index (κ1) is 11.7. The predicted octanol–water partition coefficient (Wildman–Crippen LogP) is 2.45. The third kappa shape index (κ3) is 3.09. The van der Waals surface area contributed by atoms with E-state index in [9.17, 15) is 4.79 Å². The third-order valence-electron chi connectivity index (χ3n) is 1.57. The van der Waals surface area contributed by atoms with Gasteiger partial charge in [0.1, 0.15) is 5.15 Å². The largest absolute Gasteiger partial charge is 0.466 e. The Kier molecular flexibility index (Phi) is 4.60. The molecule has 0 bridgehead atoms. The highest BCUT2D eigenvalue weighted by Gasteiger charge is 2.09. The van der Waals surface area contributed by atoms with Crippen molar-refractivity contribution in [1.82, 2.24) is 4.98 Å². The molecular weight excluding hydrogens is 316 g/mol. The number of nitrogens with zero attached hydrogens (tertiary/aromatic N) is 1. The molecule has 0 spiro atoms. The van der Waals surface area contributed by atoms with Gasteiger partial charge < -0.3 is 4.74 Å². The molecule has 0 radical (unpaired) electrons. The second kappa shape index (κ2) is 5.50. The molecule has 0 aromatic carbocycles. The number of hydrogen-bond donors (Lipinski definition) is 0. The van der Waals surface area contributed by atoms with E-state index in [1.807, 2.05) is 0 Å². The van der Waals surface area contributed by atoms with Crippen LogP contribution in [0, 0.1) is 3.57 Å². The van der Waals surface area contributed by atoms with Gasteiger partial charge in [-0.1, -0.05) is 11.6 Å². The Morgan fingerprint density at radius 3 is 3.07 bits per heavy atom. The van der Waals surface area contributed by atoms with Crippen LogP contribution >= 0.6 is 34.2 Å². The lowest BCUT2D eigenvalue weighted by Gasteiger charge is -2.04. The molecule has 3 nitrogen and oxygen atoms in total. The molecule has 0 aliphatic heterocycles. The average molecular weight is 326 g/mol. The maximum absolute atomic E-state index is 11.2. The third-order valence-corrected chi connectivity index (χ3v) is 3.38. The summed E-state index contributed by atoms with van der Waals surface area (Å²) in [5.41, 5.74) is 0.851. The Hall–Kier alpha value is -0.360. The predicted molar refractivity (Wildman–Crippen MR) is 62.3 cm³/mol. The minimum Gasteiger partial charge on any atom is -0.466 e. The fourth-order valence-electron chi connectivity index (χ4n) is 0.959. The number of hydrogen-bond acceptors (Lipinski definition) is 3. The summed E-state index contributed by atoms with van der Waals surface area (Å²) in [7, 11) is 0. The molecule has 1 aromatic rings. The molecule has 0 unspecified atom stereocenters. The van der Waals surface area contributed by atoms with Crippen molar-refractivity contribution < 1.29 is 9.53 Å². The number of carbonyl (C=O) groups excluding carboxylic acids is 1. The van der Waals surface area contributed by atoms with E-state index < -0.39 is 0 Å². The molecule has 0 amide bonds. The highest BCUT2D eigenvalue weighted by Crippen LogP contribution is 2.19. The minimum atomic E-state index is -0.243. The highest BCUT2D eigenvalue weighted by atomic mass is 127. The molecule has 0 aliphatic rings. The molecule has 76 valence electrons. The molecule has 5 heteroatoms. The van der Waals surface area contributed by atoms with Crippen molar-refractivity contribution in [2.24, 2.45) is 0 Å². The van der Waals surface area contributed by atoms with Gasteiger partial charge in [-0.15, -0.1) is 0 Å². The lowest BCUT2D eigenvalue weighted by atomic mass is 10.2. The second-order valence-corrected chi connectivity index (χ2v) is 3.99. The van der Waals surface area contributed by atoms with Crippen LogP contribution < -0.4 is 0 Å². The van der Waals surface area contributed by atoms with Crippen LogP contribution in [0.4, 0.5) is 0 Å². The molecule has 0 aliphatic carbocycles. The van der Waals surface area contributed by atoms with Gasteiger partial charge in [-0.3, -0.25) is 4.79 Å². The Bertz CT molecular complexity index is 344. The number of esters is 1. The van der Waals surface area contributed by atoms with Crippen LogP contribution in [0.2, 0.25) is 5.15 Å². The smallest absolute Gasteiger partial charge is 0.310 e. The minimum absolute atomic E-state index is 0.243. The summed E-state index contributed by atoms with van der Waals surface area (Å²) in [5.74, 6) is -0.243. The van der Waals surface area contributed by atoms with Gasteiger partial charge in [0.2, 0.25) is 0 Å². The Balaban J connectivity index is 2.76. The van der Waals surface area contributed by atoms with Crippen molar-refractivity contribution in [2.75, 3.05) is 6.61 Å². The molecule has 1 rings (SSSR count). The number of carbonyl (C=O) groups is 1. The first-order valence-electron chi connectivity index (χ1n) is 4.09. The van der Waals surface area contributed by atoms with Gasteiger partial charge in [0.15, 0.2) is 0 Å². The lowest BCUT2D eigenvalue weighted by molar-refractivity contribution is -0.142. The molecular formula is C9H9ClINO2. The number of aromatic nitrogens is 1. The Morgan fingerprint density at radius 2 is 2.43 bits per heavy atom. The van der Waals surface area contributed by atoms with Crippen LogP contribution in [0.25, 0.3) is 0 Å². The fraction of sp³-hybridized carbons (Fsp3) is 0.333. The SMILES string of the molecule is CCOC(=O)Cc1ccnc(Cl)c1I. The lowest BCUT2D eigenvalue weighted by Crippen LogP contribution is -2.08. The van der Waals surface area contributed by atoms with Gasteiger partial charge >= 0.3 is 5.97 Å². The van der Waals surface area contributed by atoms with E-state index in [1.165, 1.54) is 0 Å². The first-order chi connectivity index (χ1) is 6.65. The number of halogens is 2. The zero-order chi connectivity index (χ0) is 10.6. The van der Waals surface area contributed by atoms with Crippen molar-refractivity contribution in [2.45, 2.75) is 13.3 Å². The van der Waals surface area contributed by atoms with Crippen molar-refractivity contribution in [3.63, 3.8) is 0 Å². The normalized spacial score (nSPS) is 9.93. The molecule has 1 heterocycles. The van der Waals surface area contributed by atoms with Gasteiger partial charge in [0, 0.05) is 6.20 Å². The van der Waals surface area contributed by atoms with Gasteiger partial charge in [-0.05, 0) is 41.1 Å². The van der Waals surface area contributed by atoms with Crippen LogP contribution in [0.1, 0.15) is 12.5 Å². The maximum Gasteiger partial charge on any atom is 0.310 e. The van der Waals surface area contributed by atoms with Gasteiger partial charge in [0.05, 0.1) is 16.6 Å². The first-order valence-corrected chi connectivity index (χ1v) is 5.55. The van der Waals surface area contributed by atoms with Crippen molar-refractivity contribution >= 4 is 40.2 Å². The van der Waals surface area contributed by atoms with Gasteiger partial charge in [-0.25, -0.2) is 4.98 Å². The van der Waals surface area contributed by atoms with Crippen molar-refractivity contribution in [3.8, 4) is 0 Å². The van der Waals surface area contributed by atoms with Gasteiger partial charge in [0.25, 0.3) is 0 Å². The Labute approximate surface area is 101 Å². The molecule has 0 saturated heterocycles. The molecule has 0 saturated carbocycles. The fourth-order valence-corrected chi connectivity index (χ4v) is 1.65. The molecule has 14 heavy (non-hydrogen) atoms. The maximum atomic E-state index is 11.2. The number of ether oxygens (including phenoxy) is 1. The zero-order valence-electron chi connectivity index (χ0n) is 7.59. The number of rotatable bonds is 3. The summed E-state index contributed by atoms with van der Waals surface area (Å²) in [6, 6.07) is 1.77. The van der Waals surface area contributed by atoms with E-state index in [4.69, 9.17) is 16.3 Å². The molecule has 0 atom stereocenters. The van der Waals surface area contributed by atoms with Gasteiger partial charge in [-0.2, -0.15) is 0 Å². The zero-order valence-corrected chi connectivity index (χ0v) is 10.5. The monoisotopic (exact) mass is 325 g/mol. The van der Waals surface area contributed by atoms with Crippen LogP contribution in [0.3, 0.4) is 0 Å². The van der Waals surface area contributed by atoms with Crippen LogP contribution in [0.5, 0.6) is 0 Å². The summed E-state index contributed by atoms with van der Waals surface area (Å²) in [6.07, 6.45) is 1.83. The van der Waals surface area contributed by atoms with Crippen molar-refractivity contribution in [3.05, 3.63) is 26.5 Å². The molecule has 1 aromatic heterocycles. The summed E-state index contributed by atoms with van der Waals surface area (Å²) in [4.78, 5) is 15.1. The van der Waals surface area contributed by atoms with E-state index in [0.29, 0.717) is 11.8 Å². The quantitative estimate of drug-likeness (QED) is 0.487.